The lowest BCUT2D eigenvalue weighted by atomic mass is 9.33. The van der Waals surface area contributed by atoms with Crippen molar-refractivity contribution in [2.45, 2.75) is 191 Å². The number of esters is 3. The van der Waals surface area contributed by atoms with Gasteiger partial charge in [-0.25, -0.2) is 4.79 Å². The zero-order chi connectivity index (χ0) is 51.3. The highest BCUT2D eigenvalue weighted by atomic mass is 16.7. The summed E-state index contributed by atoms with van der Waals surface area (Å²) in [6.45, 7) is 9.17. The summed E-state index contributed by atoms with van der Waals surface area (Å²) in [5, 5.41) is 107. The van der Waals surface area contributed by atoms with Gasteiger partial charge in [0.05, 0.1) is 51.0 Å². The van der Waals surface area contributed by atoms with E-state index in [4.69, 9.17) is 37.9 Å². The Balaban J connectivity index is 1.07. The van der Waals surface area contributed by atoms with Crippen LogP contribution in [-0.2, 0) is 52.3 Å². The summed E-state index contributed by atoms with van der Waals surface area (Å²) in [6, 6.07) is 0. The lowest BCUT2D eigenvalue weighted by Crippen LogP contribution is -2.68. The van der Waals surface area contributed by atoms with Crippen molar-refractivity contribution in [1.29, 1.82) is 0 Å². The number of fused-ring (bicyclic) bond motifs is 7. The summed E-state index contributed by atoms with van der Waals surface area (Å²) < 4.78 is 45.6. The van der Waals surface area contributed by atoms with E-state index in [1.807, 2.05) is 13.8 Å². The van der Waals surface area contributed by atoms with Crippen molar-refractivity contribution in [3.63, 3.8) is 0 Å². The molecular formula is C49H76O21. The molecule has 0 spiro atoms. The van der Waals surface area contributed by atoms with E-state index in [2.05, 4.69) is 26.8 Å². The van der Waals surface area contributed by atoms with Gasteiger partial charge in [-0.3, -0.25) is 9.59 Å². The van der Waals surface area contributed by atoms with Gasteiger partial charge >= 0.3 is 17.9 Å². The molecule has 4 saturated carbocycles. The van der Waals surface area contributed by atoms with Gasteiger partial charge in [-0.05, 0) is 105 Å². The van der Waals surface area contributed by atoms with Crippen LogP contribution in [0.2, 0.25) is 0 Å². The number of methoxy groups -OCH3 is 2. The molecule has 0 aromatic carbocycles. The Hall–Kier alpha value is -2.45. The Bertz CT molecular complexity index is 1990. The minimum atomic E-state index is -1.84. The van der Waals surface area contributed by atoms with E-state index in [0.29, 0.717) is 51.4 Å². The number of rotatable bonds is 10. The van der Waals surface area contributed by atoms with Gasteiger partial charge < -0.3 is 89.0 Å². The molecule has 0 bridgehead atoms. The molecule has 8 aliphatic rings. The maximum Gasteiger partial charge on any atom is 0.337 e. The molecule has 398 valence electrons. The fourth-order valence-electron chi connectivity index (χ4n) is 15.1. The van der Waals surface area contributed by atoms with Crippen molar-refractivity contribution >= 4 is 17.9 Å². The van der Waals surface area contributed by atoms with Crippen LogP contribution in [0.25, 0.3) is 0 Å². The molecule has 8 rings (SSSR count). The van der Waals surface area contributed by atoms with Crippen LogP contribution in [0.15, 0.2) is 11.6 Å². The van der Waals surface area contributed by atoms with E-state index in [1.165, 1.54) is 7.11 Å². The Morgan fingerprint density at radius 2 is 1.37 bits per heavy atom. The smallest absolute Gasteiger partial charge is 0.337 e. The SMILES string of the molecule is COC(=O)[C@H]1O[C@@H](O[C@H]2CC[C@@]3(C)[C@@H](CC[C@]4(C)[C@@H]3CC=C3[C@@H]5C[C@@](C)(C(=O)OC)CC[C@]5(C(=O)O[C@@H]5O[C@H](CO)[C@@H](O)[C@H](O)[C@H]5O)CC[C@]34C)[C@]2(C)CO)[C@H](O)[C@@H](O[C@@H]2OC[C@@H](O)[C@H](O)[C@H]2O)[C@@H]1O. The number of hydrogen-bond acceptors (Lipinski definition) is 21. The van der Waals surface area contributed by atoms with Crippen molar-refractivity contribution < 1.29 is 103 Å². The maximum atomic E-state index is 14.8. The summed E-state index contributed by atoms with van der Waals surface area (Å²) in [5.41, 5.74) is -3.27. The average Bonchev–Trinajstić information content (AvgIpc) is 3.34. The number of hydrogen-bond donors (Lipinski definition) is 10. The van der Waals surface area contributed by atoms with Crippen molar-refractivity contribution in [2.24, 2.45) is 50.2 Å². The van der Waals surface area contributed by atoms with E-state index in [9.17, 15) is 65.4 Å². The monoisotopic (exact) mass is 1000 g/mol. The quantitative estimate of drug-likeness (QED) is 0.0548. The van der Waals surface area contributed by atoms with Gasteiger partial charge in [0.25, 0.3) is 0 Å². The van der Waals surface area contributed by atoms with Gasteiger partial charge in [-0.2, -0.15) is 0 Å². The molecule has 3 saturated heterocycles. The molecule has 70 heavy (non-hydrogen) atoms. The van der Waals surface area contributed by atoms with Crippen LogP contribution in [0, 0.1) is 50.2 Å². The number of ether oxygens (including phenoxy) is 8. The Labute approximate surface area is 407 Å². The second-order valence-corrected chi connectivity index (χ2v) is 23.0. The number of aliphatic hydroxyl groups is 10. The van der Waals surface area contributed by atoms with Gasteiger partial charge in [0.1, 0.15) is 61.0 Å². The minimum Gasteiger partial charge on any atom is -0.469 e. The zero-order valence-corrected chi connectivity index (χ0v) is 41.1. The van der Waals surface area contributed by atoms with Crippen LogP contribution in [0.1, 0.15) is 98.8 Å². The molecule has 3 aliphatic heterocycles. The van der Waals surface area contributed by atoms with E-state index >= 15 is 0 Å². The second-order valence-electron chi connectivity index (χ2n) is 23.0. The summed E-state index contributed by atoms with van der Waals surface area (Å²) in [5.74, 6) is -2.65. The van der Waals surface area contributed by atoms with Crippen LogP contribution in [0.4, 0.5) is 0 Å². The first-order chi connectivity index (χ1) is 32.9. The standard InChI is InChI=1S/C49H76O21/c1-44(42(61)64-7)14-16-49(43(62)70-40-33(57)31(55)30(54)25(19-50)66-40)17-15-47(4)22(23(49)18-44)8-9-27-45(2)12-11-28(46(3,21-51)26(45)10-13-48(27,47)5)67-41-35(59)36(34(58)37(69-41)38(60)63-6)68-39-32(56)29(53)24(52)20-65-39/h8,23-37,39-41,50-59H,9-21H2,1-7H3/t23-,24+,25+,26+,27+,28-,29-,30+,31-,32+,33+,34-,35+,36-,37-,39-,40-,41+,44-,45-,46-,47+,48+,49-/m0/s1. The Morgan fingerprint density at radius 3 is 2.03 bits per heavy atom. The van der Waals surface area contributed by atoms with Crippen LogP contribution in [0.5, 0.6) is 0 Å². The Morgan fingerprint density at radius 1 is 0.686 bits per heavy atom. The molecule has 21 nitrogen and oxygen atoms in total. The fraction of sp³-hybridized carbons (Fsp3) is 0.898. The second kappa shape index (κ2) is 19.4. The van der Waals surface area contributed by atoms with Gasteiger partial charge in [0.2, 0.25) is 6.29 Å². The molecule has 3 heterocycles. The van der Waals surface area contributed by atoms with E-state index in [0.717, 1.165) is 12.7 Å². The van der Waals surface area contributed by atoms with Gasteiger partial charge in [0.15, 0.2) is 18.7 Å². The number of allylic oxidation sites excluding steroid dienone is 2. The summed E-state index contributed by atoms with van der Waals surface area (Å²) in [7, 11) is 2.43. The number of carbonyl (C=O) groups excluding carboxylic acids is 3. The summed E-state index contributed by atoms with van der Waals surface area (Å²) in [6.07, 6.45) is -17.0. The third kappa shape index (κ3) is 8.20. The molecule has 0 unspecified atom stereocenters. The predicted octanol–water partition coefficient (Wildman–Crippen LogP) is -0.914. The molecule has 5 aliphatic carbocycles. The summed E-state index contributed by atoms with van der Waals surface area (Å²) >= 11 is 0. The Kier molecular flexibility index (Phi) is 14.9. The third-order valence-corrected chi connectivity index (χ3v) is 19.7. The molecule has 0 aromatic heterocycles. The topological polar surface area (TPSA) is 327 Å². The van der Waals surface area contributed by atoms with Gasteiger partial charge in [-0.15, -0.1) is 0 Å². The van der Waals surface area contributed by atoms with E-state index in [-0.39, 0.29) is 36.7 Å². The molecule has 0 amide bonds. The highest BCUT2D eigenvalue weighted by Crippen LogP contribution is 2.76. The van der Waals surface area contributed by atoms with Crippen molar-refractivity contribution in [2.75, 3.05) is 34.0 Å². The van der Waals surface area contributed by atoms with Crippen molar-refractivity contribution in [3.8, 4) is 0 Å². The molecule has 24 atom stereocenters. The lowest BCUT2D eigenvalue weighted by Gasteiger charge is -2.71. The first-order valence-corrected chi connectivity index (χ1v) is 24.8. The highest BCUT2D eigenvalue weighted by molar-refractivity contribution is 5.81. The van der Waals surface area contributed by atoms with Crippen LogP contribution in [0.3, 0.4) is 0 Å². The first-order valence-electron chi connectivity index (χ1n) is 24.8. The molecule has 21 heteroatoms. The van der Waals surface area contributed by atoms with E-state index in [1.54, 1.807) is 0 Å². The maximum absolute atomic E-state index is 14.8. The molecule has 0 aromatic rings. The average molecular weight is 1000 g/mol. The first kappa shape index (κ1) is 53.8. The third-order valence-electron chi connectivity index (χ3n) is 19.7. The minimum absolute atomic E-state index is 0.0485. The predicted molar refractivity (Wildman–Crippen MR) is 237 cm³/mol. The molecular weight excluding hydrogens is 925 g/mol. The molecule has 7 fully saturated rings. The largest absolute Gasteiger partial charge is 0.469 e. The molecule has 0 radical (unpaired) electrons. The summed E-state index contributed by atoms with van der Waals surface area (Å²) in [4.78, 5) is 41.3. The fourth-order valence-corrected chi connectivity index (χ4v) is 15.1. The number of aliphatic hydroxyl groups excluding tert-OH is 10. The van der Waals surface area contributed by atoms with Crippen LogP contribution in [-0.4, -0.2) is 195 Å². The van der Waals surface area contributed by atoms with Crippen molar-refractivity contribution in [1.82, 2.24) is 0 Å². The number of carbonyl (C=O) groups is 3. The normalized spacial score (nSPS) is 52.4. The van der Waals surface area contributed by atoms with Crippen molar-refractivity contribution in [3.05, 3.63) is 11.6 Å². The lowest BCUT2D eigenvalue weighted by molar-refractivity contribution is -0.358. The molecule has 10 N–H and O–H groups in total. The van der Waals surface area contributed by atoms with E-state index < -0.39 is 156 Å². The van der Waals surface area contributed by atoms with Gasteiger partial charge in [0, 0.05) is 5.41 Å². The van der Waals surface area contributed by atoms with Crippen LogP contribution >= 0.6 is 0 Å². The van der Waals surface area contributed by atoms with Gasteiger partial charge in [-0.1, -0.05) is 39.3 Å². The van der Waals surface area contributed by atoms with Crippen LogP contribution < -0.4 is 0 Å². The highest BCUT2D eigenvalue weighted by Gasteiger charge is 2.71. The zero-order valence-electron chi connectivity index (χ0n) is 41.1.